The Balaban J connectivity index is 1.99. The number of ether oxygens (including phenoxy) is 1. The molecule has 0 fully saturated rings. The number of rotatable bonds is 3. The van der Waals surface area contributed by atoms with Gasteiger partial charge in [0.15, 0.2) is 16.8 Å². The molecule has 0 radical (unpaired) electrons. The predicted octanol–water partition coefficient (Wildman–Crippen LogP) is 0.691. The Labute approximate surface area is 96.7 Å². The maximum absolute atomic E-state index is 11.3. The van der Waals surface area contributed by atoms with Gasteiger partial charge >= 0.3 is 5.97 Å². The second-order valence-electron chi connectivity index (χ2n) is 3.04. The first-order chi connectivity index (χ1) is 7.79. The summed E-state index contributed by atoms with van der Waals surface area (Å²) in [6.07, 6.45) is 0. The fraction of sp³-hybridized carbons (Fsp3) is 0.444. The molecule has 0 aliphatic carbocycles. The fourth-order valence-electron chi connectivity index (χ4n) is 1.21. The summed E-state index contributed by atoms with van der Waals surface area (Å²) in [6, 6.07) is 0. The number of esters is 1. The number of nitrogens with zero attached hydrogens (tertiary/aromatic N) is 2. The number of carbonyl (C=O) groups excluding carboxylic acids is 1. The van der Waals surface area contributed by atoms with Crippen LogP contribution < -0.4 is 10.6 Å². The largest absolute Gasteiger partial charge is 0.461 e. The summed E-state index contributed by atoms with van der Waals surface area (Å²) in [5, 5.41) is 8.35. The molecule has 1 aromatic heterocycles. The van der Waals surface area contributed by atoms with Crippen LogP contribution in [0.1, 0.15) is 17.4 Å². The van der Waals surface area contributed by atoms with Gasteiger partial charge in [-0.1, -0.05) is 0 Å². The summed E-state index contributed by atoms with van der Waals surface area (Å²) in [5.41, 5.74) is 0.327. The summed E-state index contributed by atoms with van der Waals surface area (Å²) in [5.74, 6) is 0.304. The van der Waals surface area contributed by atoms with Gasteiger partial charge in [0.2, 0.25) is 0 Å². The molecule has 0 aromatic carbocycles. The molecule has 1 aliphatic heterocycles. The number of aliphatic imine (C=N–C) groups is 1. The monoisotopic (exact) mass is 240 g/mol. The maximum Gasteiger partial charge on any atom is 0.357 e. The van der Waals surface area contributed by atoms with E-state index in [1.165, 1.54) is 11.3 Å². The molecule has 7 heteroatoms. The van der Waals surface area contributed by atoms with Gasteiger partial charge in [0, 0.05) is 11.9 Å². The summed E-state index contributed by atoms with van der Waals surface area (Å²) < 4.78 is 4.84. The molecule has 0 atom stereocenters. The van der Waals surface area contributed by atoms with Gasteiger partial charge in [-0.25, -0.2) is 9.78 Å². The fourth-order valence-corrected chi connectivity index (χ4v) is 1.89. The first kappa shape index (κ1) is 10.9. The molecule has 0 amide bonds. The number of nitrogens with one attached hydrogen (secondary N) is 2. The minimum atomic E-state index is -0.395. The summed E-state index contributed by atoms with van der Waals surface area (Å²) >= 11 is 1.35. The first-order valence-corrected chi connectivity index (χ1v) is 5.85. The molecule has 0 bridgehead atoms. The number of carbonyl (C=O) groups is 1. The summed E-state index contributed by atoms with van der Waals surface area (Å²) in [7, 11) is 0. The average Bonchev–Trinajstić information content (AvgIpc) is 2.90. The SMILES string of the molecule is CCOC(=O)c1csc(NC2=NCCN2)n1. The molecule has 0 unspecified atom stereocenters. The smallest absolute Gasteiger partial charge is 0.357 e. The van der Waals surface area contributed by atoms with Gasteiger partial charge in [0.25, 0.3) is 0 Å². The average molecular weight is 240 g/mol. The van der Waals surface area contributed by atoms with Crippen molar-refractivity contribution in [3.8, 4) is 0 Å². The van der Waals surface area contributed by atoms with Gasteiger partial charge in [0.05, 0.1) is 13.2 Å². The molecule has 0 saturated heterocycles. The minimum absolute atomic E-state index is 0.327. The van der Waals surface area contributed by atoms with E-state index in [0.717, 1.165) is 13.1 Å². The van der Waals surface area contributed by atoms with Gasteiger partial charge in [-0.3, -0.25) is 4.99 Å². The van der Waals surface area contributed by atoms with Crippen molar-refractivity contribution in [3.05, 3.63) is 11.1 Å². The Bertz CT molecular complexity index is 415. The molecule has 0 spiro atoms. The van der Waals surface area contributed by atoms with Crippen LogP contribution >= 0.6 is 11.3 Å². The molecule has 2 rings (SSSR count). The van der Waals surface area contributed by atoms with E-state index in [9.17, 15) is 4.79 Å². The Hall–Kier alpha value is -1.63. The number of aromatic nitrogens is 1. The van der Waals surface area contributed by atoms with E-state index in [0.29, 0.717) is 23.4 Å². The molecule has 86 valence electrons. The Morgan fingerprint density at radius 3 is 3.31 bits per heavy atom. The summed E-state index contributed by atoms with van der Waals surface area (Å²) in [6.45, 7) is 3.71. The van der Waals surface area contributed by atoms with Crippen LogP contribution in [0.4, 0.5) is 5.13 Å². The molecule has 0 saturated carbocycles. The van der Waals surface area contributed by atoms with E-state index < -0.39 is 5.97 Å². The molecule has 16 heavy (non-hydrogen) atoms. The van der Waals surface area contributed by atoms with Crippen molar-refractivity contribution in [1.82, 2.24) is 10.3 Å². The number of anilines is 1. The highest BCUT2D eigenvalue weighted by Crippen LogP contribution is 2.16. The second kappa shape index (κ2) is 4.93. The molecule has 2 heterocycles. The molecular weight excluding hydrogens is 228 g/mol. The van der Waals surface area contributed by atoms with Crippen LogP contribution in [0.2, 0.25) is 0 Å². The third-order valence-electron chi connectivity index (χ3n) is 1.89. The van der Waals surface area contributed by atoms with E-state index in [4.69, 9.17) is 4.74 Å². The lowest BCUT2D eigenvalue weighted by Gasteiger charge is -2.01. The highest BCUT2D eigenvalue weighted by molar-refractivity contribution is 7.14. The summed E-state index contributed by atoms with van der Waals surface area (Å²) in [4.78, 5) is 19.6. The molecular formula is C9H12N4O2S. The van der Waals surface area contributed by atoms with Crippen molar-refractivity contribution in [2.24, 2.45) is 4.99 Å². The lowest BCUT2D eigenvalue weighted by Crippen LogP contribution is -2.26. The number of guanidine groups is 1. The highest BCUT2D eigenvalue weighted by Gasteiger charge is 2.13. The van der Waals surface area contributed by atoms with Crippen molar-refractivity contribution in [2.75, 3.05) is 25.0 Å². The lowest BCUT2D eigenvalue weighted by molar-refractivity contribution is 0.0520. The predicted molar refractivity (Wildman–Crippen MR) is 62.0 cm³/mol. The third-order valence-corrected chi connectivity index (χ3v) is 2.65. The van der Waals surface area contributed by atoms with Crippen LogP contribution in [-0.2, 0) is 4.74 Å². The van der Waals surface area contributed by atoms with Crippen LogP contribution in [-0.4, -0.2) is 36.6 Å². The van der Waals surface area contributed by atoms with Gasteiger partial charge in [0.1, 0.15) is 0 Å². The Kier molecular flexibility index (Phi) is 3.35. The number of hydrogen-bond acceptors (Lipinski definition) is 7. The van der Waals surface area contributed by atoms with E-state index in [1.807, 2.05) is 0 Å². The van der Waals surface area contributed by atoms with Gasteiger partial charge in [-0.15, -0.1) is 11.3 Å². The van der Waals surface area contributed by atoms with Crippen molar-refractivity contribution in [3.63, 3.8) is 0 Å². The second-order valence-corrected chi connectivity index (χ2v) is 3.90. The van der Waals surface area contributed by atoms with Crippen LogP contribution in [0.25, 0.3) is 0 Å². The maximum atomic E-state index is 11.3. The third kappa shape index (κ3) is 2.48. The van der Waals surface area contributed by atoms with Crippen molar-refractivity contribution < 1.29 is 9.53 Å². The van der Waals surface area contributed by atoms with Gasteiger partial charge in [-0.05, 0) is 6.92 Å². The van der Waals surface area contributed by atoms with Crippen molar-refractivity contribution in [1.29, 1.82) is 0 Å². The van der Waals surface area contributed by atoms with Crippen LogP contribution in [0.5, 0.6) is 0 Å². The van der Waals surface area contributed by atoms with Crippen molar-refractivity contribution in [2.45, 2.75) is 6.92 Å². The lowest BCUT2D eigenvalue weighted by atomic mass is 10.5. The number of hydrogen-bond donors (Lipinski definition) is 2. The van der Waals surface area contributed by atoms with E-state index in [-0.39, 0.29) is 0 Å². The topological polar surface area (TPSA) is 75.6 Å². The van der Waals surface area contributed by atoms with Crippen LogP contribution in [0.15, 0.2) is 10.4 Å². The van der Waals surface area contributed by atoms with E-state index >= 15 is 0 Å². The molecule has 2 N–H and O–H groups in total. The van der Waals surface area contributed by atoms with Gasteiger partial charge < -0.3 is 15.4 Å². The zero-order valence-corrected chi connectivity index (χ0v) is 9.63. The normalized spacial score (nSPS) is 14.2. The van der Waals surface area contributed by atoms with Crippen LogP contribution in [0.3, 0.4) is 0 Å². The van der Waals surface area contributed by atoms with Crippen molar-refractivity contribution >= 4 is 28.4 Å². The zero-order chi connectivity index (χ0) is 11.4. The number of thiazole rings is 1. The Morgan fingerprint density at radius 2 is 2.62 bits per heavy atom. The highest BCUT2D eigenvalue weighted by atomic mass is 32.1. The zero-order valence-electron chi connectivity index (χ0n) is 8.82. The standard InChI is InChI=1S/C9H12N4O2S/c1-2-15-7(14)6-5-16-9(12-6)13-8-10-3-4-11-8/h5H,2-4H2,1H3,(H2,10,11,12,13). The van der Waals surface area contributed by atoms with E-state index in [2.05, 4.69) is 20.6 Å². The molecule has 6 nitrogen and oxygen atoms in total. The van der Waals surface area contributed by atoms with E-state index in [1.54, 1.807) is 12.3 Å². The Morgan fingerprint density at radius 1 is 1.75 bits per heavy atom. The van der Waals surface area contributed by atoms with Gasteiger partial charge in [-0.2, -0.15) is 0 Å². The molecule has 1 aliphatic rings. The van der Waals surface area contributed by atoms with Crippen LogP contribution in [0, 0.1) is 0 Å². The molecule has 1 aromatic rings. The minimum Gasteiger partial charge on any atom is -0.461 e. The quantitative estimate of drug-likeness (QED) is 0.760. The first-order valence-electron chi connectivity index (χ1n) is 4.97.